The molecule has 0 spiro atoms. The molecule has 0 saturated carbocycles. The molecule has 0 aliphatic rings. The third-order valence-corrected chi connectivity index (χ3v) is 4.40. The second kappa shape index (κ2) is 5.57. The summed E-state index contributed by atoms with van der Waals surface area (Å²) < 4.78 is 31.9. The highest BCUT2D eigenvalue weighted by molar-refractivity contribution is 7.92. The van der Waals surface area contributed by atoms with Gasteiger partial charge in [-0.25, -0.2) is 8.42 Å². The molecule has 1 heterocycles. The number of carboxylic acid groups (broad SMARTS) is 1. The third-order valence-electron chi connectivity index (χ3n) is 2.77. The van der Waals surface area contributed by atoms with Crippen LogP contribution in [0, 0.1) is 13.8 Å². The normalized spacial score (nSPS) is 11.3. The monoisotopic (exact) mass is 310 g/mol. The molecular weight excluding hydrogens is 296 g/mol. The molecule has 1 aromatic carbocycles. The first-order valence-electron chi connectivity index (χ1n) is 6.06. The molecule has 2 N–H and O–H groups in total. The molecule has 0 fully saturated rings. The summed E-state index contributed by atoms with van der Waals surface area (Å²) in [6.07, 6.45) is -0.180. The van der Waals surface area contributed by atoms with Crippen molar-refractivity contribution in [3.8, 4) is 0 Å². The molecule has 7 nitrogen and oxygen atoms in total. The number of hydrogen-bond donors (Lipinski definition) is 2. The fraction of sp³-hybridized carbons (Fsp3) is 0.231. The van der Waals surface area contributed by atoms with Crippen LogP contribution in [0.25, 0.3) is 0 Å². The molecule has 0 atom stereocenters. The summed E-state index contributed by atoms with van der Waals surface area (Å²) in [5, 5.41) is 12.4. The number of rotatable bonds is 5. The lowest BCUT2D eigenvalue weighted by Crippen LogP contribution is -2.14. The maximum atomic E-state index is 12.3. The number of benzene rings is 1. The maximum Gasteiger partial charge on any atom is 0.307 e. The van der Waals surface area contributed by atoms with Crippen molar-refractivity contribution in [2.45, 2.75) is 25.2 Å². The van der Waals surface area contributed by atoms with Gasteiger partial charge >= 0.3 is 5.97 Å². The van der Waals surface area contributed by atoms with Crippen molar-refractivity contribution >= 4 is 21.7 Å². The Kier molecular flexibility index (Phi) is 3.99. The molecule has 0 radical (unpaired) electrons. The van der Waals surface area contributed by atoms with E-state index in [9.17, 15) is 13.2 Å². The van der Waals surface area contributed by atoms with Crippen LogP contribution in [-0.2, 0) is 21.2 Å². The van der Waals surface area contributed by atoms with Gasteiger partial charge < -0.3 is 9.63 Å². The molecule has 2 aromatic rings. The molecular formula is C13H14N2O5S. The Bertz CT molecular complexity index is 760. The number of sulfonamides is 1. The summed E-state index contributed by atoms with van der Waals surface area (Å²) in [6, 6.07) is 6.22. The van der Waals surface area contributed by atoms with Crippen molar-refractivity contribution in [3.63, 3.8) is 0 Å². The van der Waals surface area contributed by atoms with Gasteiger partial charge in [0.2, 0.25) is 0 Å². The summed E-state index contributed by atoms with van der Waals surface area (Å²) in [4.78, 5) is 10.7. The van der Waals surface area contributed by atoms with E-state index in [1.165, 1.54) is 19.9 Å². The minimum absolute atomic E-state index is 0.00821. The van der Waals surface area contributed by atoms with Crippen LogP contribution in [0.2, 0.25) is 0 Å². The molecule has 0 bridgehead atoms. The molecule has 21 heavy (non-hydrogen) atoms. The fourth-order valence-electron chi connectivity index (χ4n) is 1.98. The molecule has 8 heteroatoms. The largest absolute Gasteiger partial charge is 0.481 e. The van der Waals surface area contributed by atoms with Crippen LogP contribution in [0.4, 0.5) is 5.69 Å². The lowest BCUT2D eigenvalue weighted by molar-refractivity contribution is -0.136. The van der Waals surface area contributed by atoms with Crippen LogP contribution in [0.1, 0.15) is 17.0 Å². The molecule has 0 amide bonds. The number of carbonyl (C=O) groups is 1. The van der Waals surface area contributed by atoms with Gasteiger partial charge in [-0.05, 0) is 31.5 Å². The van der Waals surface area contributed by atoms with Gasteiger partial charge in [0.1, 0.15) is 5.69 Å². The quantitative estimate of drug-likeness (QED) is 0.870. The zero-order chi connectivity index (χ0) is 15.6. The zero-order valence-electron chi connectivity index (χ0n) is 11.5. The average molecular weight is 310 g/mol. The summed E-state index contributed by atoms with van der Waals surface area (Å²) in [7, 11) is -3.83. The first kappa shape index (κ1) is 15.0. The number of aliphatic carboxylic acids is 1. The van der Waals surface area contributed by atoms with E-state index in [0.29, 0.717) is 5.56 Å². The van der Waals surface area contributed by atoms with Crippen LogP contribution < -0.4 is 4.72 Å². The van der Waals surface area contributed by atoms with E-state index >= 15 is 0 Å². The first-order valence-corrected chi connectivity index (χ1v) is 7.54. The van der Waals surface area contributed by atoms with Crippen molar-refractivity contribution in [3.05, 3.63) is 41.3 Å². The average Bonchev–Trinajstić information content (AvgIpc) is 2.68. The predicted molar refractivity (Wildman–Crippen MR) is 74.6 cm³/mol. The minimum atomic E-state index is -3.83. The molecule has 0 unspecified atom stereocenters. The topological polar surface area (TPSA) is 110 Å². The Labute approximate surface area is 121 Å². The SMILES string of the molecule is Cc1noc(C)c1S(=O)(=O)Nc1cccc(CC(=O)O)c1. The van der Waals surface area contributed by atoms with Crippen LogP contribution in [-0.4, -0.2) is 24.7 Å². The Morgan fingerprint density at radius 3 is 2.67 bits per heavy atom. The number of hydrogen-bond acceptors (Lipinski definition) is 5. The Morgan fingerprint density at radius 1 is 1.38 bits per heavy atom. The smallest absolute Gasteiger partial charge is 0.307 e. The summed E-state index contributed by atoms with van der Waals surface area (Å²) in [5.41, 5.74) is 1.05. The van der Waals surface area contributed by atoms with Crippen molar-refractivity contribution < 1.29 is 22.8 Å². The standard InChI is InChI=1S/C13H14N2O5S/c1-8-13(9(2)20-14-8)21(18,19)15-11-5-3-4-10(6-11)7-12(16)17/h3-6,15H,7H2,1-2H3,(H,16,17). The predicted octanol–water partition coefficient (Wildman–Crippen LogP) is 1.72. The van der Waals surface area contributed by atoms with Crippen LogP contribution in [0.3, 0.4) is 0 Å². The molecule has 0 saturated heterocycles. The van der Waals surface area contributed by atoms with Gasteiger partial charge in [-0.1, -0.05) is 17.3 Å². The van der Waals surface area contributed by atoms with E-state index in [1.807, 2.05) is 0 Å². The molecule has 112 valence electrons. The second-order valence-electron chi connectivity index (χ2n) is 4.53. The summed E-state index contributed by atoms with van der Waals surface area (Å²) in [5.74, 6) is -0.789. The van der Waals surface area contributed by atoms with E-state index < -0.39 is 16.0 Å². The highest BCUT2D eigenvalue weighted by Gasteiger charge is 2.24. The molecule has 0 aliphatic heterocycles. The van der Waals surface area contributed by atoms with E-state index in [4.69, 9.17) is 9.63 Å². The minimum Gasteiger partial charge on any atom is -0.481 e. The number of carboxylic acids is 1. The van der Waals surface area contributed by atoms with E-state index in [0.717, 1.165) is 0 Å². The highest BCUT2D eigenvalue weighted by Crippen LogP contribution is 2.22. The number of nitrogens with zero attached hydrogens (tertiary/aromatic N) is 1. The van der Waals surface area contributed by atoms with Gasteiger partial charge in [0.25, 0.3) is 10.0 Å². The van der Waals surface area contributed by atoms with Crippen molar-refractivity contribution in [2.24, 2.45) is 0 Å². The van der Waals surface area contributed by atoms with E-state index in [2.05, 4.69) is 9.88 Å². The van der Waals surface area contributed by atoms with E-state index in [-0.39, 0.29) is 28.5 Å². The molecule has 2 rings (SSSR count). The number of aromatic nitrogens is 1. The lowest BCUT2D eigenvalue weighted by Gasteiger charge is -2.08. The first-order chi connectivity index (χ1) is 9.79. The van der Waals surface area contributed by atoms with Crippen molar-refractivity contribution in [1.29, 1.82) is 0 Å². The van der Waals surface area contributed by atoms with Crippen molar-refractivity contribution in [1.82, 2.24) is 5.16 Å². The lowest BCUT2D eigenvalue weighted by atomic mass is 10.1. The van der Waals surface area contributed by atoms with Crippen molar-refractivity contribution in [2.75, 3.05) is 4.72 Å². The fourth-order valence-corrected chi connectivity index (χ4v) is 3.37. The number of aryl methyl sites for hydroxylation is 2. The third kappa shape index (κ3) is 3.40. The van der Waals surface area contributed by atoms with Gasteiger partial charge in [-0.15, -0.1) is 0 Å². The van der Waals surface area contributed by atoms with Gasteiger partial charge in [0, 0.05) is 5.69 Å². The number of nitrogens with one attached hydrogen (secondary N) is 1. The van der Waals surface area contributed by atoms with Crippen LogP contribution >= 0.6 is 0 Å². The van der Waals surface area contributed by atoms with Gasteiger partial charge in [0.05, 0.1) is 6.42 Å². The molecule has 1 aromatic heterocycles. The maximum absolute atomic E-state index is 12.3. The van der Waals surface area contributed by atoms with E-state index in [1.54, 1.807) is 18.2 Å². The Balaban J connectivity index is 2.31. The number of anilines is 1. The van der Waals surface area contributed by atoms with Gasteiger partial charge in [-0.3, -0.25) is 9.52 Å². The van der Waals surface area contributed by atoms with Gasteiger partial charge in [-0.2, -0.15) is 0 Å². The Morgan fingerprint density at radius 2 is 2.10 bits per heavy atom. The highest BCUT2D eigenvalue weighted by atomic mass is 32.2. The van der Waals surface area contributed by atoms with Crippen LogP contribution in [0.5, 0.6) is 0 Å². The zero-order valence-corrected chi connectivity index (χ0v) is 12.3. The van der Waals surface area contributed by atoms with Gasteiger partial charge in [0.15, 0.2) is 10.7 Å². The van der Waals surface area contributed by atoms with Crippen LogP contribution in [0.15, 0.2) is 33.7 Å². The second-order valence-corrected chi connectivity index (χ2v) is 6.15. The summed E-state index contributed by atoms with van der Waals surface area (Å²) >= 11 is 0. The summed E-state index contributed by atoms with van der Waals surface area (Å²) in [6.45, 7) is 3.04. The Hall–Kier alpha value is -2.35. The molecule has 0 aliphatic carbocycles.